The van der Waals surface area contributed by atoms with Crippen molar-refractivity contribution in [1.29, 1.82) is 0 Å². The van der Waals surface area contributed by atoms with E-state index in [9.17, 15) is 31.1 Å². The van der Waals surface area contributed by atoms with Gasteiger partial charge in [-0.25, -0.2) is 9.78 Å². The minimum atomic E-state index is -5.24. The number of nitrogens with zero attached hydrogens (tertiary/aromatic N) is 1. The normalized spacial score (nSPS) is 12.0. The summed E-state index contributed by atoms with van der Waals surface area (Å²) in [6, 6.07) is 0. The Morgan fingerprint density at radius 1 is 1.14 bits per heavy atom. The first kappa shape index (κ1) is 16.9. The molecule has 0 saturated heterocycles. The number of alkyl halides is 6. The number of methoxy groups -OCH3 is 2. The van der Waals surface area contributed by atoms with E-state index in [4.69, 9.17) is 0 Å². The molecule has 0 aliphatic carbocycles. The smallest absolute Gasteiger partial charge is 0.493 e. The van der Waals surface area contributed by atoms with Crippen LogP contribution in [0.25, 0.3) is 0 Å². The number of carbonyl (C=O) groups is 1. The first-order valence-electron chi connectivity index (χ1n) is 4.99. The van der Waals surface area contributed by atoms with Crippen LogP contribution in [0.5, 0.6) is 11.5 Å². The molecule has 21 heavy (non-hydrogen) atoms. The molecular weight excluding hydrogens is 312 g/mol. The van der Waals surface area contributed by atoms with E-state index >= 15 is 0 Å². The van der Waals surface area contributed by atoms with Crippen molar-refractivity contribution in [1.82, 2.24) is 4.98 Å². The molecule has 1 aromatic rings. The number of pyridine rings is 1. The van der Waals surface area contributed by atoms with Gasteiger partial charge in [-0.05, 0) is 0 Å². The van der Waals surface area contributed by atoms with Gasteiger partial charge in [-0.15, -0.1) is 13.2 Å². The average Bonchev–Trinajstić information content (AvgIpc) is 2.33. The van der Waals surface area contributed by atoms with Gasteiger partial charge in [-0.3, -0.25) is 0 Å². The SMILES string of the molecule is COC(=O)c1c(OC(F)(F)F)cnc(C(F)(F)F)c1OC. The standard InChI is InChI=1S/C10H7F6NO4/c1-19-6-5(8(18)20-2)4(21-10(14,15)16)3-17-7(6)9(11,12)13/h3H,1-2H3. The summed E-state index contributed by atoms with van der Waals surface area (Å²) in [6.07, 6.45) is -10.2. The monoisotopic (exact) mass is 319 g/mol. The van der Waals surface area contributed by atoms with Crippen LogP contribution >= 0.6 is 0 Å². The number of hydrogen-bond acceptors (Lipinski definition) is 5. The number of aromatic nitrogens is 1. The van der Waals surface area contributed by atoms with Crippen LogP contribution in [0.1, 0.15) is 16.1 Å². The molecule has 0 bridgehead atoms. The van der Waals surface area contributed by atoms with Gasteiger partial charge in [0.15, 0.2) is 17.2 Å². The molecule has 0 radical (unpaired) electrons. The Morgan fingerprint density at radius 2 is 1.71 bits per heavy atom. The summed E-state index contributed by atoms with van der Waals surface area (Å²) in [5.41, 5.74) is -2.85. The third kappa shape index (κ3) is 3.89. The molecule has 1 heterocycles. The molecule has 0 aromatic carbocycles. The molecule has 0 atom stereocenters. The first-order chi connectivity index (χ1) is 9.51. The Kier molecular flexibility index (Phi) is 4.54. The third-order valence-electron chi connectivity index (χ3n) is 2.09. The Hall–Kier alpha value is -2.20. The minimum Gasteiger partial charge on any atom is -0.493 e. The molecule has 5 nitrogen and oxygen atoms in total. The molecule has 0 amide bonds. The van der Waals surface area contributed by atoms with Gasteiger partial charge in [0.1, 0.15) is 5.56 Å². The number of hydrogen-bond donors (Lipinski definition) is 0. The summed E-state index contributed by atoms with van der Waals surface area (Å²) in [4.78, 5) is 14.2. The molecule has 0 N–H and O–H groups in total. The summed E-state index contributed by atoms with van der Waals surface area (Å²) in [7, 11) is 1.50. The Labute approximate surface area is 113 Å². The van der Waals surface area contributed by atoms with Crippen molar-refractivity contribution >= 4 is 5.97 Å². The van der Waals surface area contributed by atoms with Crippen LogP contribution in [0.4, 0.5) is 26.3 Å². The van der Waals surface area contributed by atoms with E-state index in [2.05, 4.69) is 19.2 Å². The highest BCUT2D eigenvalue weighted by Gasteiger charge is 2.42. The second kappa shape index (κ2) is 5.66. The van der Waals surface area contributed by atoms with Crippen molar-refractivity contribution in [3.8, 4) is 11.5 Å². The predicted molar refractivity (Wildman–Crippen MR) is 53.8 cm³/mol. The zero-order valence-electron chi connectivity index (χ0n) is 10.4. The van der Waals surface area contributed by atoms with Crippen LogP contribution in [-0.2, 0) is 10.9 Å². The number of rotatable bonds is 3. The Morgan fingerprint density at radius 3 is 2.10 bits per heavy atom. The number of ether oxygens (including phenoxy) is 3. The molecule has 11 heteroatoms. The molecule has 0 spiro atoms. The van der Waals surface area contributed by atoms with Crippen molar-refractivity contribution in [2.75, 3.05) is 14.2 Å². The largest absolute Gasteiger partial charge is 0.573 e. The molecule has 0 aliphatic rings. The maximum absolute atomic E-state index is 12.7. The first-order valence-corrected chi connectivity index (χ1v) is 4.99. The second-order valence-corrected chi connectivity index (χ2v) is 3.42. The predicted octanol–water partition coefficient (Wildman–Crippen LogP) is 2.79. The molecule has 0 saturated carbocycles. The van der Waals surface area contributed by atoms with E-state index < -0.39 is 41.3 Å². The Bertz CT molecular complexity index is 540. The number of halogens is 6. The molecule has 1 aromatic heterocycles. The number of esters is 1. The molecule has 1 rings (SSSR count). The Balaban J connectivity index is 3.58. The topological polar surface area (TPSA) is 57.7 Å². The molecule has 0 unspecified atom stereocenters. The van der Waals surface area contributed by atoms with Crippen LogP contribution in [0, 0.1) is 0 Å². The van der Waals surface area contributed by atoms with Crippen LogP contribution < -0.4 is 9.47 Å². The lowest BCUT2D eigenvalue weighted by Crippen LogP contribution is -2.22. The molecule has 0 fully saturated rings. The lowest BCUT2D eigenvalue weighted by Gasteiger charge is -2.17. The van der Waals surface area contributed by atoms with Gasteiger partial charge in [0, 0.05) is 0 Å². The van der Waals surface area contributed by atoms with Crippen LogP contribution in [0.3, 0.4) is 0 Å². The van der Waals surface area contributed by atoms with Gasteiger partial charge in [0.2, 0.25) is 0 Å². The van der Waals surface area contributed by atoms with E-state index in [1.165, 1.54) is 0 Å². The van der Waals surface area contributed by atoms with E-state index in [0.29, 0.717) is 0 Å². The second-order valence-electron chi connectivity index (χ2n) is 3.42. The van der Waals surface area contributed by atoms with Gasteiger partial charge in [-0.2, -0.15) is 13.2 Å². The zero-order valence-corrected chi connectivity index (χ0v) is 10.4. The van der Waals surface area contributed by atoms with Crippen molar-refractivity contribution < 1.29 is 45.3 Å². The lowest BCUT2D eigenvalue weighted by molar-refractivity contribution is -0.274. The highest BCUT2D eigenvalue weighted by molar-refractivity contribution is 5.95. The summed E-state index contributed by atoms with van der Waals surface area (Å²) >= 11 is 0. The lowest BCUT2D eigenvalue weighted by atomic mass is 10.1. The highest BCUT2D eigenvalue weighted by atomic mass is 19.4. The highest BCUT2D eigenvalue weighted by Crippen LogP contribution is 2.41. The van der Waals surface area contributed by atoms with Gasteiger partial charge < -0.3 is 14.2 Å². The van der Waals surface area contributed by atoms with Crippen LogP contribution in [-0.4, -0.2) is 31.5 Å². The van der Waals surface area contributed by atoms with Gasteiger partial charge in [0.25, 0.3) is 0 Å². The van der Waals surface area contributed by atoms with Crippen molar-refractivity contribution in [2.45, 2.75) is 12.5 Å². The van der Waals surface area contributed by atoms with Crippen molar-refractivity contribution in [3.05, 3.63) is 17.5 Å². The van der Waals surface area contributed by atoms with Crippen molar-refractivity contribution in [2.24, 2.45) is 0 Å². The maximum Gasteiger partial charge on any atom is 0.573 e. The fraction of sp³-hybridized carbons (Fsp3) is 0.400. The summed E-state index contributed by atoms with van der Waals surface area (Å²) in [5, 5.41) is 0. The van der Waals surface area contributed by atoms with E-state index in [1.54, 1.807) is 0 Å². The molecular formula is C10H7F6NO4. The van der Waals surface area contributed by atoms with Gasteiger partial charge >= 0.3 is 18.5 Å². The van der Waals surface area contributed by atoms with E-state index in [0.717, 1.165) is 14.2 Å². The average molecular weight is 319 g/mol. The molecule has 118 valence electrons. The fourth-order valence-electron chi connectivity index (χ4n) is 1.37. The minimum absolute atomic E-state index is 0.116. The van der Waals surface area contributed by atoms with Crippen LogP contribution in [0.15, 0.2) is 6.20 Å². The van der Waals surface area contributed by atoms with Crippen LogP contribution in [0.2, 0.25) is 0 Å². The zero-order chi connectivity index (χ0) is 16.4. The fourth-order valence-corrected chi connectivity index (χ4v) is 1.37. The van der Waals surface area contributed by atoms with Crippen molar-refractivity contribution in [3.63, 3.8) is 0 Å². The number of carbonyl (C=O) groups excluding carboxylic acids is 1. The summed E-state index contributed by atoms with van der Waals surface area (Å²) < 4.78 is 86.6. The van der Waals surface area contributed by atoms with Gasteiger partial charge in [0.05, 0.1) is 20.4 Å². The quantitative estimate of drug-likeness (QED) is 0.633. The molecule has 0 aliphatic heterocycles. The maximum atomic E-state index is 12.7. The third-order valence-corrected chi connectivity index (χ3v) is 2.09. The summed E-state index contributed by atoms with van der Waals surface area (Å²) in [5.74, 6) is -3.99. The van der Waals surface area contributed by atoms with E-state index in [1.807, 2.05) is 0 Å². The van der Waals surface area contributed by atoms with E-state index in [-0.39, 0.29) is 6.20 Å². The summed E-state index contributed by atoms with van der Waals surface area (Å²) in [6.45, 7) is 0. The van der Waals surface area contributed by atoms with Gasteiger partial charge in [-0.1, -0.05) is 0 Å².